The molecule has 104 valence electrons. The van der Waals surface area contributed by atoms with E-state index in [2.05, 4.69) is 14.9 Å². The third-order valence-corrected chi connectivity index (χ3v) is 3.91. The van der Waals surface area contributed by atoms with E-state index in [1.807, 2.05) is 13.8 Å². The third kappa shape index (κ3) is 3.35. The second-order valence-electron chi connectivity index (χ2n) is 5.11. The second-order valence-corrected chi connectivity index (χ2v) is 5.47. The molecule has 0 atom stereocenters. The molecule has 6 heteroatoms. The van der Waals surface area contributed by atoms with Crippen LogP contribution >= 0.6 is 11.6 Å². The van der Waals surface area contributed by atoms with Crippen LogP contribution in [0.3, 0.4) is 0 Å². The van der Waals surface area contributed by atoms with Gasteiger partial charge in [0.15, 0.2) is 11.0 Å². The number of nitrogens with two attached hydrogens (primary N) is 1. The van der Waals surface area contributed by atoms with E-state index in [1.54, 1.807) is 0 Å². The largest absolute Gasteiger partial charge is 0.370 e. The van der Waals surface area contributed by atoms with Gasteiger partial charge in [-0.05, 0) is 32.6 Å². The molecular weight excluding hydrogens is 264 g/mol. The highest BCUT2D eigenvalue weighted by molar-refractivity contribution is 6.31. The molecule has 1 aromatic heterocycles. The van der Waals surface area contributed by atoms with Crippen LogP contribution in [-0.4, -0.2) is 29.0 Å². The van der Waals surface area contributed by atoms with Gasteiger partial charge in [-0.1, -0.05) is 11.6 Å². The molecule has 0 aromatic carbocycles. The summed E-state index contributed by atoms with van der Waals surface area (Å²) in [5.74, 6) is 0.914. The SMILES string of the molecule is Cc1nc(Cl)c(N2CCC(CC(N)=O)CC2)nc1C. The highest BCUT2D eigenvalue weighted by Crippen LogP contribution is 2.28. The van der Waals surface area contributed by atoms with Crippen LogP contribution < -0.4 is 10.6 Å². The highest BCUT2D eigenvalue weighted by atomic mass is 35.5. The van der Waals surface area contributed by atoms with Crippen molar-refractivity contribution in [3.05, 3.63) is 16.5 Å². The van der Waals surface area contributed by atoms with Crippen molar-refractivity contribution >= 4 is 23.3 Å². The van der Waals surface area contributed by atoms with Gasteiger partial charge < -0.3 is 10.6 Å². The summed E-state index contributed by atoms with van der Waals surface area (Å²) >= 11 is 6.17. The van der Waals surface area contributed by atoms with E-state index in [-0.39, 0.29) is 5.91 Å². The van der Waals surface area contributed by atoms with Crippen molar-refractivity contribution in [2.75, 3.05) is 18.0 Å². The number of aromatic nitrogens is 2. The van der Waals surface area contributed by atoms with Crippen molar-refractivity contribution in [1.82, 2.24) is 9.97 Å². The number of carbonyl (C=O) groups excluding carboxylic acids is 1. The van der Waals surface area contributed by atoms with Gasteiger partial charge in [0.2, 0.25) is 5.91 Å². The molecule has 0 saturated carbocycles. The molecule has 1 fully saturated rings. The van der Waals surface area contributed by atoms with E-state index in [0.29, 0.717) is 17.5 Å². The molecule has 1 aromatic rings. The predicted molar refractivity (Wildman–Crippen MR) is 75.3 cm³/mol. The number of aryl methyl sites for hydroxylation is 2. The molecule has 1 aliphatic heterocycles. The Morgan fingerprint density at radius 2 is 1.89 bits per heavy atom. The first kappa shape index (κ1) is 14.1. The van der Waals surface area contributed by atoms with Gasteiger partial charge in [-0.25, -0.2) is 9.97 Å². The Morgan fingerprint density at radius 3 is 2.47 bits per heavy atom. The first-order valence-corrected chi connectivity index (χ1v) is 6.89. The molecule has 0 bridgehead atoms. The number of halogens is 1. The molecule has 2 rings (SSSR count). The average Bonchev–Trinajstić information content (AvgIpc) is 2.34. The summed E-state index contributed by atoms with van der Waals surface area (Å²) in [5.41, 5.74) is 6.99. The Hall–Kier alpha value is -1.36. The van der Waals surface area contributed by atoms with Crippen molar-refractivity contribution < 1.29 is 4.79 Å². The molecule has 19 heavy (non-hydrogen) atoms. The second kappa shape index (κ2) is 5.74. The van der Waals surface area contributed by atoms with E-state index >= 15 is 0 Å². The minimum absolute atomic E-state index is 0.220. The minimum Gasteiger partial charge on any atom is -0.370 e. The fraction of sp³-hybridized carbons (Fsp3) is 0.615. The Balaban J connectivity index is 2.05. The number of carbonyl (C=O) groups is 1. The van der Waals surface area contributed by atoms with Crippen molar-refractivity contribution in [1.29, 1.82) is 0 Å². The number of piperidine rings is 1. The monoisotopic (exact) mass is 282 g/mol. The highest BCUT2D eigenvalue weighted by Gasteiger charge is 2.23. The standard InChI is InChI=1S/C13H19ClN4O/c1-8-9(2)17-13(12(14)16-8)18-5-3-10(4-6-18)7-11(15)19/h10H,3-7H2,1-2H3,(H2,15,19). The quantitative estimate of drug-likeness (QED) is 0.918. The molecule has 2 heterocycles. The van der Waals surface area contributed by atoms with Crippen LogP contribution in [0.15, 0.2) is 0 Å². The van der Waals surface area contributed by atoms with Crippen molar-refractivity contribution in [3.8, 4) is 0 Å². The van der Waals surface area contributed by atoms with Crippen LogP contribution in [0.5, 0.6) is 0 Å². The summed E-state index contributed by atoms with van der Waals surface area (Å²) in [7, 11) is 0. The lowest BCUT2D eigenvalue weighted by molar-refractivity contribution is -0.119. The van der Waals surface area contributed by atoms with Gasteiger partial charge in [0.1, 0.15) is 0 Å². The number of amides is 1. The summed E-state index contributed by atoms with van der Waals surface area (Å²) in [6.45, 7) is 5.52. The topological polar surface area (TPSA) is 72.1 Å². The van der Waals surface area contributed by atoms with E-state index < -0.39 is 0 Å². The maximum atomic E-state index is 10.9. The number of hydrogen-bond acceptors (Lipinski definition) is 4. The zero-order chi connectivity index (χ0) is 14.0. The first-order chi connectivity index (χ1) is 8.97. The van der Waals surface area contributed by atoms with Crippen LogP contribution in [0, 0.1) is 19.8 Å². The minimum atomic E-state index is -0.220. The maximum Gasteiger partial charge on any atom is 0.217 e. The molecule has 1 amide bonds. The van der Waals surface area contributed by atoms with Crippen molar-refractivity contribution in [2.45, 2.75) is 33.1 Å². The zero-order valence-electron chi connectivity index (χ0n) is 11.3. The van der Waals surface area contributed by atoms with Crippen LogP contribution in [0.2, 0.25) is 5.15 Å². The average molecular weight is 283 g/mol. The third-order valence-electron chi connectivity index (χ3n) is 3.65. The number of primary amides is 1. The molecule has 0 spiro atoms. The summed E-state index contributed by atoms with van der Waals surface area (Å²) in [4.78, 5) is 21.9. The van der Waals surface area contributed by atoms with E-state index in [9.17, 15) is 4.79 Å². The van der Waals surface area contributed by atoms with E-state index in [1.165, 1.54) is 0 Å². The smallest absolute Gasteiger partial charge is 0.217 e. The molecule has 0 unspecified atom stereocenters. The molecule has 1 aliphatic rings. The Bertz CT molecular complexity index is 484. The fourth-order valence-corrected chi connectivity index (χ4v) is 2.69. The molecule has 2 N–H and O–H groups in total. The van der Waals surface area contributed by atoms with Crippen LogP contribution in [0.4, 0.5) is 5.82 Å². The number of anilines is 1. The summed E-state index contributed by atoms with van der Waals surface area (Å²) < 4.78 is 0. The van der Waals surface area contributed by atoms with Gasteiger partial charge >= 0.3 is 0 Å². The molecule has 1 saturated heterocycles. The molecule has 5 nitrogen and oxygen atoms in total. The van der Waals surface area contributed by atoms with Gasteiger partial charge in [0.25, 0.3) is 0 Å². The lowest BCUT2D eigenvalue weighted by Crippen LogP contribution is -2.36. The normalized spacial score (nSPS) is 16.7. The summed E-state index contributed by atoms with van der Waals surface area (Å²) in [5, 5.41) is 0.455. The number of rotatable bonds is 3. The molecule has 0 aliphatic carbocycles. The Kier molecular flexibility index (Phi) is 4.24. The van der Waals surface area contributed by atoms with Gasteiger partial charge in [-0.15, -0.1) is 0 Å². The van der Waals surface area contributed by atoms with Crippen LogP contribution in [0.25, 0.3) is 0 Å². The fourth-order valence-electron chi connectivity index (χ4n) is 2.40. The molecular formula is C13H19ClN4O. The maximum absolute atomic E-state index is 10.9. The predicted octanol–water partition coefficient (Wildman–Crippen LogP) is 1.84. The van der Waals surface area contributed by atoms with E-state index in [4.69, 9.17) is 17.3 Å². The van der Waals surface area contributed by atoms with Crippen LogP contribution in [-0.2, 0) is 4.79 Å². The lowest BCUT2D eigenvalue weighted by Gasteiger charge is -2.32. The van der Waals surface area contributed by atoms with Crippen LogP contribution in [0.1, 0.15) is 30.7 Å². The number of nitrogens with zero attached hydrogens (tertiary/aromatic N) is 3. The van der Waals surface area contributed by atoms with Gasteiger partial charge in [-0.3, -0.25) is 4.79 Å². The first-order valence-electron chi connectivity index (χ1n) is 6.51. The Morgan fingerprint density at radius 1 is 1.32 bits per heavy atom. The number of hydrogen-bond donors (Lipinski definition) is 1. The zero-order valence-corrected chi connectivity index (χ0v) is 12.1. The van der Waals surface area contributed by atoms with Gasteiger partial charge in [0, 0.05) is 19.5 Å². The van der Waals surface area contributed by atoms with Crippen molar-refractivity contribution in [3.63, 3.8) is 0 Å². The van der Waals surface area contributed by atoms with Gasteiger partial charge in [0.05, 0.1) is 11.4 Å². The summed E-state index contributed by atoms with van der Waals surface area (Å²) in [6.07, 6.45) is 2.35. The Labute approximate surface area is 118 Å². The molecule has 0 radical (unpaired) electrons. The van der Waals surface area contributed by atoms with E-state index in [0.717, 1.165) is 43.1 Å². The van der Waals surface area contributed by atoms with Crippen molar-refractivity contribution in [2.24, 2.45) is 11.7 Å². The lowest BCUT2D eigenvalue weighted by atomic mass is 9.93. The summed E-state index contributed by atoms with van der Waals surface area (Å²) in [6, 6.07) is 0. The van der Waals surface area contributed by atoms with Gasteiger partial charge in [-0.2, -0.15) is 0 Å².